The number of thiophene rings is 1. The second-order valence-electron chi connectivity index (χ2n) is 4.37. The molecule has 0 fully saturated rings. The monoisotopic (exact) mass is 339 g/mol. The van der Waals surface area contributed by atoms with E-state index < -0.39 is 5.97 Å². The zero-order valence-corrected chi connectivity index (χ0v) is 13.4. The average Bonchev–Trinajstić information content (AvgIpc) is 3.01. The van der Waals surface area contributed by atoms with Crippen LogP contribution in [0.4, 0.5) is 4.39 Å². The predicted molar refractivity (Wildman–Crippen MR) is 85.2 cm³/mol. The van der Waals surface area contributed by atoms with Crippen LogP contribution in [0, 0.1) is 12.7 Å². The highest BCUT2D eigenvalue weighted by molar-refractivity contribution is 8.00. The van der Waals surface area contributed by atoms with Crippen molar-refractivity contribution >= 4 is 50.5 Å². The van der Waals surface area contributed by atoms with Gasteiger partial charge in [0.25, 0.3) is 0 Å². The number of hydrogen-bond acceptors (Lipinski definition) is 5. The highest BCUT2D eigenvalue weighted by atomic mass is 32.2. The zero-order chi connectivity index (χ0) is 15.0. The van der Waals surface area contributed by atoms with Gasteiger partial charge < -0.3 is 5.11 Å². The van der Waals surface area contributed by atoms with E-state index in [0.29, 0.717) is 21.4 Å². The summed E-state index contributed by atoms with van der Waals surface area (Å²) in [5.41, 5.74) is 1.47. The van der Waals surface area contributed by atoms with Gasteiger partial charge in [-0.1, -0.05) is 17.8 Å². The summed E-state index contributed by atoms with van der Waals surface area (Å²) in [7, 11) is 0. The van der Waals surface area contributed by atoms with E-state index >= 15 is 0 Å². The van der Waals surface area contributed by atoms with Crippen LogP contribution >= 0.6 is 34.4 Å². The Kier molecular flexibility index (Phi) is 3.97. The van der Waals surface area contributed by atoms with Crippen LogP contribution in [0.25, 0.3) is 10.1 Å². The molecule has 0 unspecified atom stereocenters. The first-order chi connectivity index (χ1) is 10.1. The Morgan fingerprint density at radius 1 is 1.48 bits per heavy atom. The van der Waals surface area contributed by atoms with E-state index in [1.165, 1.54) is 29.2 Å². The molecule has 3 aromatic rings. The number of nitrogens with zero attached hydrogens (tertiary/aromatic N) is 1. The maximum Gasteiger partial charge on any atom is 0.346 e. The van der Waals surface area contributed by atoms with Crippen molar-refractivity contribution < 1.29 is 14.3 Å². The molecular formula is C14H10FNO2S3. The molecule has 0 saturated carbocycles. The number of hydrogen-bond donors (Lipinski definition) is 1. The minimum atomic E-state index is -1.01. The van der Waals surface area contributed by atoms with Gasteiger partial charge in [0.1, 0.15) is 15.0 Å². The Morgan fingerprint density at radius 3 is 2.95 bits per heavy atom. The highest BCUT2D eigenvalue weighted by Gasteiger charge is 2.20. The van der Waals surface area contributed by atoms with E-state index in [1.807, 2.05) is 12.3 Å². The van der Waals surface area contributed by atoms with Crippen molar-refractivity contribution in [3.63, 3.8) is 0 Å². The van der Waals surface area contributed by atoms with Crippen molar-refractivity contribution in [1.29, 1.82) is 0 Å². The summed E-state index contributed by atoms with van der Waals surface area (Å²) >= 11 is 4.06. The van der Waals surface area contributed by atoms with Gasteiger partial charge in [0, 0.05) is 26.9 Å². The van der Waals surface area contributed by atoms with Crippen molar-refractivity contribution in [3.8, 4) is 0 Å². The number of carbonyl (C=O) groups is 1. The van der Waals surface area contributed by atoms with Gasteiger partial charge in [-0.2, -0.15) is 0 Å². The van der Waals surface area contributed by atoms with Gasteiger partial charge in [-0.25, -0.2) is 14.2 Å². The lowest BCUT2D eigenvalue weighted by atomic mass is 10.1. The summed E-state index contributed by atoms with van der Waals surface area (Å²) in [6, 6.07) is 4.71. The zero-order valence-electron chi connectivity index (χ0n) is 10.9. The van der Waals surface area contributed by atoms with Crippen LogP contribution in [-0.4, -0.2) is 16.1 Å². The molecule has 0 aliphatic carbocycles. The van der Waals surface area contributed by atoms with Gasteiger partial charge in [-0.05, 0) is 24.6 Å². The number of thiazole rings is 1. The van der Waals surface area contributed by atoms with Crippen LogP contribution in [-0.2, 0) is 5.75 Å². The first-order valence-electron chi connectivity index (χ1n) is 6.04. The third-order valence-electron chi connectivity index (χ3n) is 2.90. The molecule has 3 rings (SSSR count). The number of aryl methyl sites for hydroxylation is 1. The third-order valence-corrected chi connectivity index (χ3v) is 6.25. The van der Waals surface area contributed by atoms with Crippen LogP contribution in [0.2, 0.25) is 0 Å². The van der Waals surface area contributed by atoms with Crippen LogP contribution in [0.3, 0.4) is 0 Å². The van der Waals surface area contributed by atoms with E-state index in [0.717, 1.165) is 21.4 Å². The quantitative estimate of drug-likeness (QED) is 0.694. The molecule has 0 bridgehead atoms. The Balaban J connectivity index is 2.02. The molecule has 3 nitrogen and oxygen atoms in total. The minimum Gasteiger partial charge on any atom is -0.477 e. The summed E-state index contributed by atoms with van der Waals surface area (Å²) in [5, 5.41) is 11.7. The molecule has 1 aromatic carbocycles. The molecule has 21 heavy (non-hydrogen) atoms. The number of fused-ring (bicyclic) bond motifs is 1. The number of benzene rings is 1. The number of thioether (sulfide) groups is 1. The Bertz CT molecular complexity index is 825. The van der Waals surface area contributed by atoms with Crippen LogP contribution in [0.15, 0.2) is 27.9 Å². The van der Waals surface area contributed by atoms with E-state index in [-0.39, 0.29) is 10.7 Å². The van der Waals surface area contributed by atoms with Gasteiger partial charge in [0.15, 0.2) is 0 Å². The van der Waals surface area contributed by atoms with Crippen LogP contribution in [0.1, 0.15) is 20.9 Å². The van der Waals surface area contributed by atoms with Gasteiger partial charge >= 0.3 is 5.97 Å². The normalized spacial score (nSPS) is 11.1. The van der Waals surface area contributed by atoms with Gasteiger partial charge in [-0.15, -0.1) is 22.7 Å². The average molecular weight is 339 g/mol. The van der Waals surface area contributed by atoms with Crippen LogP contribution < -0.4 is 0 Å². The molecule has 0 amide bonds. The van der Waals surface area contributed by atoms with Gasteiger partial charge in [0.05, 0.1) is 0 Å². The fourth-order valence-electron chi connectivity index (χ4n) is 2.01. The lowest BCUT2D eigenvalue weighted by Crippen LogP contribution is -1.97. The van der Waals surface area contributed by atoms with E-state index in [1.54, 1.807) is 12.1 Å². The molecule has 0 spiro atoms. The standard InChI is InChI=1S/C14H10FNO2S3/c1-7-5-19-14(16-7)20-6-8-11-9(15)3-2-4-10(11)21-12(8)13(17)18/h2-5H,6H2,1H3,(H,17,18). The number of rotatable bonds is 4. The van der Waals surface area contributed by atoms with Crippen molar-refractivity contribution in [2.24, 2.45) is 0 Å². The summed E-state index contributed by atoms with van der Waals surface area (Å²) in [4.78, 5) is 15.9. The summed E-state index contributed by atoms with van der Waals surface area (Å²) in [5.74, 6) is -0.987. The molecule has 0 saturated heterocycles. The first kappa shape index (κ1) is 14.5. The molecule has 0 radical (unpaired) electrons. The molecule has 2 heterocycles. The number of aromatic carboxylic acids is 1. The fraction of sp³-hybridized carbons (Fsp3) is 0.143. The predicted octanol–water partition coefficient (Wildman–Crippen LogP) is 4.80. The van der Waals surface area contributed by atoms with Crippen molar-refractivity contribution in [3.05, 3.63) is 45.5 Å². The lowest BCUT2D eigenvalue weighted by Gasteiger charge is -2.01. The Hall–Kier alpha value is -1.44. The number of carboxylic acid groups (broad SMARTS) is 1. The molecule has 7 heteroatoms. The number of aromatic nitrogens is 1. The Labute approximate surface area is 132 Å². The van der Waals surface area contributed by atoms with E-state index in [9.17, 15) is 14.3 Å². The third kappa shape index (κ3) is 2.81. The molecule has 0 aliphatic heterocycles. The topological polar surface area (TPSA) is 50.2 Å². The summed E-state index contributed by atoms with van der Waals surface area (Å²) in [6.45, 7) is 1.91. The molecular weight excluding hydrogens is 329 g/mol. The minimum absolute atomic E-state index is 0.205. The number of halogens is 1. The van der Waals surface area contributed by atoms with Crippen molar-refractivity contribution in [2.45, 2.75) is 17.0 Å². The largest absolute Gasteiger partial charge is 0.477 e. The Morgan fingerprint density at radius 2 is 2.29 bits per heavy atom. The smallest absolute Gasteiger partial charge is 0.346 e. The second-order valence-corrected chi connectivity index (χ2v) is 7.50. The van der Waals surface area contributed by atoms with E-state index in [2.05, 4.69) is 4.98 Å². The SMILES string of the molecule is Cc1csc(SCc2c(C(=O)O)sc3cccc(F)c23)n1. The van der Waals surface area contributed by atoms with Crippen molar-refractivity contribution in [2.75, 3.05) is 0 Å². The summed E-state index contributed by atoms with van der Waals surface area (Å²) in [6.07, 6.45) is 0. The summed E-state index contributed by atoms with van der Waals surface area (Å²) < 4.78 is 15.6. The fourth-order valence-corrected chi connectivity index (χ4v) is 5.05. The van der Waals surface area contributed by atoms with Crippen LogP contribution in [0.5, 0.6) is 0 Å². The van der Waals surface area contributed by atoms with E-state index in [4.69, 9.17) is 0 Å². The van der Waals surface area contributed by atoms with Gasteiger partial charge in [0.2, 0.25) is 0 Å². The first-order valence-corrected chi connectivity index (χ1v) is 8.72. The molecule has 1 N–H and O–H groups in total. The second kappa shape index (κ2) is 5.75. The molecule has 0 aliphatic rings. The van der Waals surface area contributed by atoms with Crippen molar-refractivity contribution in [1.82, 2.24) is 4.98 Å². The highest BCUT2D eigenvalue weighted by Crippen LogP contribution is 2.37. The maximum atomic E-state index is 14.0. The molecule has 108 valence electrons. The maximum absolute atomic E-state index is 14.0. The molecule has 2 aromatic heterocycles. The molecule has 0 atom stereocenters. The lowest BCUT2D eigenvalue weighted by molar-refractivity contribution is 0.0701. The number of carboxylic acids is 1. The van der Waals surface area contributed by atoms with Gasteiger partial charge in [-0.3, -0.25) is 0 Å².